The van der Waals surface area contributed by atoms with Gasteiger partial charge in [0, 0.05) is 30.8 Å². The quantitative estimate of drug-likeness (QED) is 0.561. The number of carbonyl (C=O) groups is 1. The molecule has 7 heteroatoms. The van der Waals surface area contributed by atoms with Gasteiger partial charge in [0.25, 0.3) is 5.91 Å². The maximum atomic E-state index is 12.9. The molecule has 164 valence electrons. The van der Waals surface area contributed by atoms with Crippen LogP contribution in [0.15, 0.2) is 77.7 Å². The van der Waals surface area contributed by atoms with Crippen molar-refractivity contribution in [1.82, 2.24) is 9.62 Å². The van der Waals surface area contributed by atoms with Gasteiger partial charge in [0.15, 0.2) is 0 Å². The van der Waals surface area contributed by atoms with Gasteiger partial charge in [-0.2, -0.15) is 9.57 Å². The predicted octanol–water partition coefficient (Wildman–Crippen LogP) is 4.19. The molecule has 0 atom stereocenters. The van der Waals surface area contributed by atoms with E-state index in [0.29, 0.717) is 35.3 Å². The number of carbonyl (C=O) groups excluding carboxylic acids is 1. The average molecular weight is 448 g/mol. The van der Waals surface area contributed by atoms with Crippen LogP contribution in [0.25, 0.3) is 11.1 Å². The molecule has 0 spiro atoms. The Bertz CT molecular complexity index is 1240. The predicted molar refractivity (Wildman–Crippen MR) is 124 cm³/mol. The third kappa shape index (κ3) is 4.88. The van der Waals surface area contributed by atoms with E-state index in [9.17, 15) is 18.5 Å². The molecule has 0 unspecified atom stereocenters. The molecule has 6 nitrogen and oxygen atoms in total. The Hall–Kier alpha value is -3.47. The van der Waals surface area contributed by atoms with Gasteiger partial charge in [-0.05, 0) is 35.4 Å². The Morgan fingerprint density at radius 1 is 0.906 bits per heavy atom. The van der Waals surface area contributed by atoms with Gasteiger partial charge in [-0.25, -0.2) is 8.42 Å². The van der Waals surface area contributed by atoms with Crippen LogP contribution in [0.5, 0.6) is 0 Å². The second-order valence-electron chi connectivity index (χ2n) is 7.12. The van der Waals surface area contributed by atoms with E-state index in [1.165, 1.54) is 4.31 Å². The number of nitriles is 1. The second kappa shape index (κ2) is 10.2. The van der Waals surface area contributed by atoms with Crippen LogP contribution in [-0.2, 0) is 16.6 Å². The summed E-state index contributed by atoms with van der Waals surface area (Å²) < 4.78 is 26.6. The van der Waals surface area contributed by atoms with Crippen molar-refractivity contribution < 1.29 is 13.2 Å². The molecule has 0 aliphatic rings. The zero-order chi connectivity index (χ0) is 23.1. The van der Waals surface area contributed by atoms with Crippen molar-refractivity contribution >= 4 is 15.9 Å². The SMILES string of the molecule is CCN(CC)S(=O)(=O)c1ccc(CNC(=O)c2ccccc2-c2ccccc2C#N)cc1. The largest absolute Gasteiger partial charge is 0.348 e. The highest BCUT2D eigenvalue weighted by atomic mass is 32.2. The van der Waals surface area contributed by atoms with Gasteiger partial charge >= 0.3 is 0 Å². The summed E-state index contributed by atoms with van der Waals surface area (Å²) in [7, 11) is -3.52. The molecule has 32 heavy (non-hydrogen) atoms. The minimum Gasteiger partial charge on any atom is -0.348 e. The zero-order valence-electron chi connectivity index (χ0n) is 18.1. The van der Waals surface area contributed by atoms with Crippen molar-refractivity contribution in [2.24, 2.45) is 0 Å². The summed E-state index contributed by atoms with van der Waals surface area (Å²) >= 11 is 0. The van der Waals surface area contributed by atoms with E-state index in [0.717, 1.165) is 5.56 Å². The van der Waals surface area contributed by atoms with E-state index in [1.54, 1.807) is 62.4 Å². The molecule has 0 aliphatic carbocycles. The van der Waals surface area contributed by atoms with Crippen LogP contribution in [0, 0.1) is 11.3 Å². The van der Waals surface area contributed by atoms with Crippen LogP contribution < -0.4 is 5.32 Å². The fraction of sp³-hybridized carbons (Fsp3) is 0.200. The number of hydrogen-bond acceptors (Lipinski definition) is 4. The van der Waals surface area contributed by atoms with Gasteiger partial charge < -0.3 is 5.32 Å². The van der Waals surface area contributed by atoms with Crippen molar-refractivity contribution in [2.75, 3.05) is 13.1 Å². The van der Waals surface area contributed by atoms with E-state index in [2.05, 4.69) is 11.4 Å². The normalized spacial score (nSPS) is 11.2. The van der Waals surface area contributed by atoms with E-state index < -0.39 is 10.0 Å². The van der Waals surface area contributed by atoms with Crippen molar-refractivity contribution in [3.05, 3.63) is 89.5 Å². The maximum Gasteiger partial charge on any atom is 0.252 e. The highest BCUT2D eigenvalue weighted by Gasteiger charge is 2.21. The lowest BCUT2D eigenvalue weighted by molar-refractivity contribution is 0.0951. The maximum absolute atomic E-state index is 12.9. The van der Waals surface area contributed by atoms with E-state index >= 15 is 0 Å². The van der Waals surface area contributed by atoms with E-state index in [-0.39, 0.29) is 17.3 Å². The van der Waals surface area contributed by atoms with E-state index in [1.807, 2.05) is 24.3 Å². The van der Waals surface area contributed by atoms with Crippen LogP contribution in [0.2, 0.25) is 0 Å². The fourth-order valence-electron chi connectivity index (χ4n) is 3.50. The summed E-state index contributed by atoms with van der Waals surface area (Å²) in [5.41, 5.74) is 3.13. The third-order valence-corrected chi connectivity index (χ3v) is 7.29. The zero-order valence-corrected chi connectivity index (χ0v) is 18.9. The van der Waals surface area contributed by atoms with Gasteiger partial charge in [-0.3, -0.25) is 4.79 Å². The molecule has 3 aromatic rings. The van der Waals surface area contributed by atoms with Crippen LogP contribution in [-0.4, -0.2) is 31.7 Å². The summed E-state index contributed by atoms with van der Waals surface area (Å²) in [6.07, 6.45) is 0. The highest BCUT2D eigenvalue weighted by molar-refractivity contribution is 7.89. The first-order valence-corrected chi connectivity index (χ1v) is 11.8. The molecule has 0 fully saturated rings. The lowest BCUT2D eigenvalue weighted by Gasteiger charge is -2.18. The molecule has 0 bridgehead atoms. The third-order valence-electron chi connectivity index (χ3n) is 5.23. The number of benzene rings is 3. The molecule has 0 saturated carbocycles. The topological polar surface area (TPSA) is 90.3 Å². The Labute approximate surface area is 189 Å². The van der Waals surface area contributed by atoms with Crippen molar-refractivity contribution in [2.45, 2.75) is 25.3 Å². The summed E-state index contributed by atoms with van der Waals surface area (Å²) in [5, 5.41) is 12.3. The molecule has 1 amide bonds. The smallest absolute Gasteiger partial charge is 0.252 e. The summed E-state index contributed by atoms with van der Waals surface area (Å²) in [5.74, 6) is -0.270. The lowest BCUT2D eigenvalue weighted by atomic mass is 9.95. The average Bonchev–Trinajstić information content (AvgIpc) is 2.83. The first-order valence-electron chi connectivity index (χ1n) is 10.4. The summed E-state index contributed by atoms with van der Waals surface area (Å²) in [4.78, 5) is 13.1. The second-order valence-corrected chi connectivity index (χ2v) is 9.06. The van der Waals surface area contributed by atoms with Crippen LogP contribution in [0.3, 0.4) is 0 Å². The molecule has 3 aromatic carbocycles. The van der Waals surface area contributed by atoms with Gasteiger partial charge in [0.1, 0.15) is 0 Å². The molecule has 0 radical (unpaired) electrons. The molecular weight excluding hydrogens is 422 g/mol. The summed E-state index contributed by atoms with van der Waals surface area (Å²) in [6, 6.07) is 23.0. The monoisotopic (exact) mass is 447 g/mol. The van der Waals surface area contributed by atoms with Gasteiger partial charge in [0.05, 0.1) is 16.5 Å². The van der Waals surface area contributed by atoms with Crippen molar-refractivity contribution in [3.8, 4) is 17.2 Å². The van der Waals surface area contributed by atoms with Crippen molar-refractivity contribution in [1.29, 1.82) is 5.26 Å². The Morgan fingerprint density at radius 2 is 1.50 bits per heavy atom. The van der Waals surface area contributed by atoms with Crippen LogP contribution in [0.1, 0.15) is 35.3 Å². The number of rotatable bonds is 8. The number of sulfonamides is 1. The van der Waals surface area contributed by atoms with E-state index in [4.69, 9.17) is 0 Å². The van der Waals surface area contributed by atoms with Crippen molar-refractivity contribution in [3.63, 3.8) is 0 Å². The first-order chi connectivity index (χ1) is 15.4. The molecule has 1 N–H and O–H groups in total. The highest BCUT2D eigenvalue weighted by Crippen LogP contribution is 2.27. The lowest BCUT2D eigenvalue weighted by Crippen LogP contribution is -2.30. The number of nitrogens with zero attached hydrogens (tertiary/aromatic N) is 2. The molecule has 3 rings (SSSR count). The molecular formula is C25H25N3O3S. The standard InChI is InChI=1S/C25H25N3O3S/c1-3-28(4-2)32(30,31)21-15-13-19(14-16-21)18-27-25(29)24-12-8-7-11-23(24)22-10-6-5-9-20(22)17-26/h5-16H,3-4,18H2,1-2H3,(H,27,29). The molecule has 0 saturated heterocycles. The molecule has 0 aliphatic heterocycles. The number of nitrogens with one attached hydrogen (secondary N) is 1. The van der Waals surface area contributed by atoms with Gasteiger partial charge in [-0.1, -0.05) is 62.4 Å². The van der Waals surface area contributed by atoms with Gasteiger partial charge in [0.2, 0.25) is 10.0 Å². The molecule has 0 heterocycles. The molecule has 0 aromatic heterocycles. The minimum atomic E-state index is -3.52. The first kappa shape index (κ1) is 23.2. The number of amides is 1. The Kier molecular flexibility index (Phi) is 7.41. The Morgan fingerprint density at radius 3 is 2.12 bits per heavy atom. The van der Waals surface area contributed by atoms with Gasteiger partial charge in [-0.15, -0.1) is 0 Å². The summed E-state index contributed by atoms with van der Waals surface area (Å²) in [6.45, 7) is 4.67. The minimum absolute atomic E-state index is 0.231. The Balaban J connectivity index is 1.77. The fourth-order valence-corrected chi connectivity index (χ4v) is 4.96. The van der Waals surface area contributed by atoms with Crippen LogP contribution >= 0.6 is 0 Å². The van der Waals surface area contributed by atoms with Crippen LogP contribution in [0.4, 0.5) is 0 Å². The number of hydrogen-bond donors (Lipinski definition) is 1.